The number of benzene rings is 1. The number of rotatable bonds is 3. The highest BCUT2D eigenvalue weighted by Gasteiger charge is 2.31. The summed E-state index contributed by atoms with van der Waals surface area (Å²) in [4.78, 5) is 12.0. The molecule has 1 aliphatic carbocycles. The fourth-order valence-corrected chi connectivity index (χ4v) is 1.86. The molecule has 3 N–H and O–H groups in total. The van der Waals surface area contributed by atoms with Gasteiger partial charge in [-0.15, -0.1) is 13.2 Å². The monoisotopic (exact) mass is 316 g/mol. The van der Waals surface area contributed by atoms with Gasteiger partial charge in [-0.25, -0.2) is 4.39 Å². The number of nitrogens with one attached hydrogen (secondary N) is 1. The fourth-order valence-electron chi connectivity index (χ4n) is 1.86. The van der Waals surface area contributed by atoms with Gasteiger partial charge in [-0.1, -0.05) is 6.08 Å². The summed E-state index contributed by atoms with van der Waals surface area (Å²) < 4.78 is 52.8. The van der Waals surface area contributed by atoms with E-state index in [1.165, 1.54) is 18.2 Å². The van der Waals surface area contributed by atoms with E-state index in [9.17, 15) is 22.4 Å². The summed E-state index contributed by atoms with van der Waals surface area (Å²) in [5, 5.41) is 2.46. The Bertz CT molecular complexity index is 621. The molecule has 0 radical (unpaired) electrons. The third kappa shape index (κ3) is 4.24. The maximum absolute atomic E-state index is 13.0. The molecule has 118 valence electrons. The summed E-state index contributed by atoms with van der Waals surface area (Å²) in [5.41, 5.74) is 5.98. The molecule has 2 rings (SSSR count). The molecule has 0 spiro atoms. The highest BCUT2D eigenvalue weighted by atomic mass is 19.4. The summed E-state index contributed by atoms with van der Waals surface area (Å²) in [7, 11) is 0. The highest BCUT2D eigenvalue weighted by Crippen LogP contribution is 2.24. The number of hydrogen-bond acceptors (Lipinski definition) is 3. The van der Waals surface area contributed by atoms with Crippen molar-refractivity contribution in [3.8, 4) is 5.75 Å². The van der Waals surface area contributed by atoms with E-state index < -0.39 is 24.2 Å². The molecule has 0 bridgehead atoms. The molecule has 1 aliphatic rings. The van der Waals surface area contributed by atoms with Crippen molar-refractivity contribution in [3.63, 3.8) is 0 Å². The van der Waals surface area contributed by atoms with E-state index in [1.54, 1.807) is 0 Å². The van der Waals surface area contributed by atoms with E-state index >= 15 is 0 Å². The number of alkyl halides is 4. The largest absolute Gasteiger partial charge is 0.573 e. The van der Waals surface area contributed by atoms with Gasteiger partial charge in [0, 0.05) is 17.8 Å². The first-order chi connectivity index (χ1) is 10.2. The molecule has 1 atom stereocenters. The molecular formula is C14H12F4N2O2. The van der Waals surface area contributed by atoms with E-state index in [0.29, 0.717) is 0 Å². The van der Waals surface area contributed by atoms with E-state index in [0.717, 1.165) is 18.2 Å². The molecule has 1 unspecified atom stereocenters. The van der Waals surface area contributed by atoms with Crippen LogP contribution in [0, 0.1) is 0 Å². The lowest BCUT2D eigenvalue weighted by Crippen LogP contribution is -2.22. The zero-order chi connectivity index (χ0) is 16.3. The molecule has 0 fully saturated rings. The molecule has 0 aliphatic heterocycles. The molecule has 1 aromatic carbocycles. The topological polar surface area (TPSA) is 64.4 Å². The van der Waals surface area contributed by atoms with Gasteiger partial charge in [0.2, 0.25) is 0 Å². The molecule has 1 amide bonds. The summed E-state index contributed by atoms with van der Waals surface area (Å²) in [6.07, 6.45) is -3.46. The van der Waals surface area contributed by atoms with Crippen LogP contribution in [0.4, 0.5) is 23.2 Å². The van der Waals surface area contributed by atoms with Crippen LogP contribution in [0.25, 0.3) is 0 Å². The first kappa shape index (κ1) is 15.9. The Kier molecular flexibility index (Phi) is 4.39. The van der Waals surface area contributed by atoms with Crippen LogP contribution in [-0.2, 0) is 4.79 Å². The van der Waals surface area contributed by atoms with Gasteiger partial charge in [-0.3, -0.25) is 4.79 Å². The number of ether oxygens (including phenoxy) is 1. The van der Waals surface area contributed by atoms with Gasteiger partial charge < -0.3 is 15.8 Å². The molecule has 22 heavy (non-hydrogen) atoms. The summed E-state index contributed by atoms with van der Waals surface area (Å²) in [5.74, 6) is -0.966. The predicted octanol–water partition coefficient (Wildman–Crippen LogP) is 3.03. The molecule has 0 aromatic heterocycles. The zero-order valence-corrected chi connectivity index (χ0v) is 11.2. The lowest BCUT2D eigenvalue weighted by atomic mass is 10.0. The Morgan fingerprint density at radius 3 is 2.45 bits per heavy atom. The minimum atomic E-state index is -4.78. The number of carbonyl (C=O) groups is 1. The average Bonchev–Trinajstić information content (AvgIpc) is 2.39. The first-order valence-corrected chi connectivity index (χ1v) is 6.23. The molecule has 1 aromatic rings. The Labute approximate surface area is 123 Å². The van der Waals surface area contributed by atoms with E-state index in [1.807, 2.05) is 0 Å². The van der Waals surface area contributed by atoms with Crippen molar-refractivity contribution in [2.45, 2.75) is 19.0 Å². The predicted molar refractivity (Wildman–Crippen MR) is 71.6 cm³/mol. The van der Waals surface area contributed by atoms with Crippen LogP contribution in [0.2, 0.25) is 0 Å². The lowest BCUT2D eigenvalue weighted by molar-refractivity contribution is -0.274. The quantitative estimate of drug-likeness (QED) is 0.843. The van der Waals surface area contributed by atoms with Crippen molar-refractivity contribution in [3.05, 3.63) is 47.7 Å². The molecule has 0 heterocycles. The maximum Gasteiger partial charge on any atom is 0.573 e. The number of halogens is 4. The van der Waals surface area contributed by atoms with Crippen LogP contribution in [0.1, 0.15) is 6.42 Å². The lowest BCUT2D eigenvalue weighted by Gasteiger charge is -2.15. The number of nitrogens with two attached hydrogens (primary N) is 1. The van der Waals surface area contributed by atoms with Crippen LogP contribution in [0.3, 0.4) is 0 Å². The summed E-state index contributed by atoms with van der Waals surface area (Å²) in [6, 6.07) is 4.63. The van der Waals surface area contributed by atoms with Crippen molar-refractivity contribution in [2.24, 2.45) is 5.73 Å². The second-order valence-electron chi connectivity index (χ2n) is 4.52. The molecular weight excluding hydrogens is 304 g/mol. The van der Waals surface area contributed by atoms with Crippen molar-refractivity contribution >= 4 is 11.6 Å². The summed E-state index contributed by atoms with van der Waals surface area (Å²) in [6.45, 7) is 0. The van der Waals surface area contributed by atoms with E-state index in [2.05, 4.69) is 10.1 Å². The highest BCUT2D eigenvalue weighted by molar-refractivity contribution is 6.06. The van der Waals surface area contributed by atoms with Crippen molar-refractivity contribution < 1.29 is 27.1 Å². The Balaban J connectivity index is 2.02. The van der Waals surface area contributed by atoms with Gasteiger partial charge in [-0.05, 0) is 30.3 Å². The number of hydrogen-bond donors (Lipinski definition) is 2. The van der Waals surface area contributed by atoms with Gasteiger partial charge >= 0.3 is 6.36 Å². The van der Waals surface area contributed by atoms with Crippen molar-refractivity contribution in [2.75, 3.05) is 5.32 Å². The van der Waals surface area contributed by atoms with Gasteiger partial charge in [0.25, 0.3) is 5.91 Å². The molecule has 0 saturated heterocycles. The standard InChI is InChI=1S/C14H12F4N2O2/c15-8-1-6-11(12(19)7-8)13(21)20-9-2-4-10(5-3-9)22-14(16,17)18/h2-8H,1,19H2,(H,20,21). The third-order valence-electron chi connectivity index (χ3n) is 2.81. The zero-order valence-electron chi connectivity index (χ0n) is 11.2. The van der Waals surface area contributed by atoms with Gasteiger partial charge in [-0.2, -0.15) is 0 Å². The molecule has 0 saturated carbocycles. The van der Waals surface area contributed by atoms with Crippen LogP contribution >= 0.6 is 0 Å². The number of carbonyl (C=O) groups excluding carboxylic acids is 1. The first-order valence-electron chi connectivity index (χ1n) is 6.23. The number of allylic oxidation sites excluding steroid dienone is 2. The molecule has 8 heteroatoms. The Hall–Kier alpha value is -2.51. The normalized spacial score (nSPS) is 18.3. The maximum atomic E-state index is 13.0. The second kappa shape index (κ2) is 6.08. The minimum absolute atomic E-state index is 0.0216. The second-order valence-corrected chi connectivity index (χ2v) is 4.52. The number of anilines is 1. The van der Waals surface area contributed by atoms with Gasteiger partial charge in [0.05, 0.1) is 5.57 Å². The van der Waals surface area contributed by atoms with Crippen LogP contribution < -0.4 is 15.8 Å². The third-order valence-corrected chi connectivity index (χ3v) is 2.81. The number of amides is 1. The van der Waals surface area contributed by atoms with Crippen molar-refractivity contribution in [1.29, 1.82) is 0 Å². The minimum Gasteiger partial charge on any atom is -0.406 e. The fraction of sp³-hybridized carbons (Fsp3) is 0.214. The van der Waals surface area contributed by atoms with E-state index in [4.69, 9.17) is 5.73 Å². The molecule has 4 nitrogen and oxygen atoms in total. The Morgan fingerprint density at radius 2 is 1.91 bits per heavy atom. The smallest absolute Gasteiger partial charge is 0.406 e. The SMILES string of the molecule is NC1=CC(F)CC=C1C(=O)Nc1ccc(OC(F)(F)F)cc1. The average molecular weight is 316 g/mol. The van der Waals surface area contributed by atoms with Crippen LogP contribution in [0.5, 0.6) is 5.75 Å². The Morgan fingerprint density at radius 1 is 1.27 bits per heavy atom. The summed E-state index contributed by atoms with van der Waals surface area (Å²) >= 11 is 0. The van der Waals surface area contributed by atoms with Crippen molar-refractivity contribution in [1.82, 2.24) is 0 Å². The van der Waals surface area contributed by atoms with Gasteiger partial charge in [0.1, 0.15) is 11.9 Å². The van der Waals surface area contributed by atoms with Crippen LogP contribution in [0.15, 0.2) is 47.7 Å². The van der Waals surface area contributed by atoms with Crippen LogP contribution in [-0.4, -0.2) is 18.4 Å². The van der Waals surface area contributed by atoms with Gasteiger partial charge in [0.15, 0.2) is 0 Å². The van der Waals surface area contributed by atoms with E-state index in [-0.39, 0.29) is 23.4 Å².